The average molecular weight is 573 g/mol. The van der Waals surface area contributed by atoms with E-state index >= 15 is 0 Å². The zero-order valence-electron chi connectivity index (χ0n) is 22.7. The Bertz CT molecular complexity index is 1390. The van der Waals surface area contributed by atoms with Gasteiger partial charge in [-0.15, -0.1) is 0 Å². The summed E-state index contributed by atoms with van der Waals surface area (Å²) in [7, 11) is -3.69. The highest BCUT2D eigenvalue weighted by molar-refractivity contribution is 7.93. The molecule has 39 heavy (non-hydrogen) atoms. The SMILES string of the molecule is CC(C)N(Cc1ccc([C@H](c2ccc(Cl)cc2)N2CC(=CS(=O)(=O)Cc3cc(F)cc(F)c3)C2)cc1)C(C)C. The molecule has 1 atom stereocenters. The second-order valence-electron chi connectivity index (χ2n) is 10.8. The standard InChI is InChI=1S/C31H35ClF2N2O2S/c1-21(2)36(22(3)4)18-23-5-7-26(8-6-23)31(27-9-11-28(32)12-10-27)35-16-25(17-35)20-39(37,38)19-24-13-29(33)15-30(34)14-24/h5-15,20-22,31H,16-19H2,1-4H3/t31-/m1/s1. The molecule has 3 aromatic rings. The minimum atomic E-state index is -3.69. The van der Waals surface area contributed by atoms with E-state index in [1.807, 2.05) is 24.3 Å². The first-order chi connectivity index (χ1) is 18.4. The van der Waals surface area contributed by atoms with Gasteiger partial charge >= 0.3 is 0 Å². The molecule has 0 bridgehead atoms. The van der Waals surface area contributed by atoms with Crippen LogP contribution in [0, 0.1) is 11.6 Å². The van der Waals surface area contributed by atoms with Gasteiger partial charge in [0.05, 0.1) is 11.8 Å². The van der Waals surface area contributed by atoms with Crippen molar-refractivity contribution in [3.63, 3.8) is 0 Å². The second-order valence-corrected chi connectivity index (χ2v) is 13.1. The number of hydrogen-bond acceptors (Lipinski definition) is 4. The summed E-state index contributed by atoms with van der Waals surface area (Å²) in [6.45, 7) is 10.6. The van der Waals surface area contributed by atoms with E-state index in [2.05, 4.69) is 61.8 Å². The van der Waals surface area contributed by atoms with Gasteiger partial charge in [0.2, 0.25) is 0 Å². The Morgan fingerprint density at radius 1 is 0.846 bits per heavy atom. The minimum Gasteiger partial charge on any atom is -0.294 e. The molecule has 1 fully saturated rings. The Hall–Kier alpha value is -2.58. The van der Waals surface area contributed by atoms with Crippen LogP contribution < -0.4 is 0 Å². The van der Waals surface area contributed by atoms with E-state index in [1.54, 1.807) is 0 Å². The van der Waals surface area contributed by atoms with E-state index < -0.39 is 27.2 Å². The number of likely N-dealkylation sites (tertiary alicyclic amines) is 1. The van der Waals surface area contributed by atoms with E-state index in [9.17, 15) is 17.2 Å². The predicted molar refractivity (Wildman–Crippen MR) is 154 cm³/mol. The molecule has 4 rings (SSSR count). The van der Waals surface area contributed by atoms with Crippen molar-refractivity contribution in [2.45, 2.75) is 58.1 Å². The van der Waals surface area contributed by atoms with Crippen LogP contribution in [-0.2, 0) is 22.1 Å². The number of sulfone groups is 1. The minimum absolute atomic E-state index is 0.0696. The number of benzene rings is 3. The molecule has 1 aliphatic heterocycles. The summed E-state index contributed by atoms with van der Waals surface area (Å²) in [6, 6.07) is 20.0. The summed E-state index contributed by atoms with van der Waals surface area (Å²) in [4.78, 5) is 4.65. The van der Waals surface area contributed by atoms with Crippen LogP contribution in [0.1, 0.15) is 56.0 Å². The molecule has 0 N–H and O–H groups in total. The smallest absolute Gasteiger partial charge is 0.175 e. The van der Waals surface area contributed by atoms with E-state index in [-0.39, 0.29) is 11.6 Å². The van der Waals surface area contributed by atoms with Crippen molar-refractivity contribution < 1.29 is 17.2 Å². The lowest BCUT2D eigenvalue weighted by molar-refractivity contribution is 0.166. The van der Waals surface area contributed by atoms with Gasteiger partial charge in [0.15, 0.2) is 9.84 Å². The zero-order valence-corrected chi connectivity index (χ0v) is 24.3. The first-order valence-electron chi connectivity index (χ1n) is 13.1. The Kier molecular flexibility index (Phi) is 9.27. The third kappa shape index (κ3) is 7.76. The molecule has 1 aliphatic rings. The molecule has 208 valence electrons. The van der Waals surface area contributed by atoms with Crippen molar-refractivity contribution in [2.75, 3.05) is 13.1 Å². The van der Waals surface area contributed by atoms with Crippen molar-refractivity contribution in [3.05, 3.63) is 117 Å². The fraction of sp³-hybridized carbons (Fsp3) is 0.355. The predicted octanol–water partition coefficient (Wildman–Crippen LogP) is 7.14. The van der Waals surface area contributed by atoms with Gasteiger partial charge in [0, 0.05) is 48.2 Å². The van der Waals surface area contributed by atoms with Crippen molar-refractivity contribution in [2.24, 2.45) is 0 Å². The first-order valence-corrected chi connectivity index (χ1v) is 15.2. The molecule has 8 heteroatoms. The Labute approximate surface area is 235 Å². The van der Waals surface area contributed by atoms with Gasteiger partial charge in [0.25, 0.3) is 0 Å². The van der Waals surface area contributed by atoms with Gasteiger partial charge < -0.3 is 0 Å². The maximum absolute atomic E-state index is 13.5. The molecular formula is C31H35ClF2N2O2S. The van der Waals surface area contributed by atoms with Crippen LogP contribution in [0.2, 0.25) is 5.02 Å². The van der Waals surface area contributed by atoms with Crippen molar-refractivity contribution in [3.8, 4) is 0 Å². The van der Waals surface area contributed by atoms with E-state index in [1.165, 1.54) is 11.0 Å². The fourth-order valence-corrected chi connectivity index (χ4v) is 6.69. The molecule has 3 aromatic carbocycles. The summed E-state index contributed by atoms with van der Waals surface area (Å²) < 4.78 is 52.5. The maximum Gasteiger partial charge on any atom is 0.175 e. The molecule has 0 spiro atoms. The van der Waals surface area contributed by atoms with Gasteiger partial charge in [0.1, 0.15) is 11.6 Å². The number of halogens is 3. The van der Waals surface area contributed by atoms with Crippen LogP contribution in [0.15, 0.2) is 77.7 Å². The summed E-state index contributed by atoms with van der Waals surface area (Å²) in [5, 5.41) is 1.90. The lowest BCUT2D eigenvalue weighted by Gasteiger charge is -2.41. The van der Waals surface area contributed by atoms with Crippen LogP contribution in [-0.4, -0.2) is 43.4 Å². The van der Waals surface area contributed by atoms with Crippen LogP contribution >= 0.6 is 11.6 Å². The van der Waals surface area contributed by atoms with Gasteiger partial charge in [-0.2, -0.15) is 0 Å². The van der Waals surface area contributed by atoms with Crippen molar-refractivity contribution >= 4 is 21.4 Å². The van der Waals surface area contributed by atoms with Gasteiger partial charge in [-0.25, -0.2) is 17.2 Å². The van der Waals surface area contributed by atoms with E-state index in [4.69, 9.17) is 11.6 Å². The quantitative estimate of drug-likeness (QED) is 0.259. The molecule has 1 heterocycles. The second kappa shape index (κ2) is 12.3. The maximum atomic E-state index is 13.5. The third-order valence-electron chi connectivity index (χ3n) is 6.99. The van der Waals surface area contributed by atoms with Crippen LogP contribution in [0.5, 0.6) is 0 Å². The highest BCUT2D eigenvalue weighted by Gasteiger charge is 2.31. The lowest BCUT2D eigenvalue weighted by Crippen LogP contribution is -2.43. The Morgan fingerprint density at radius 3 is 1.87 bits per heavy atom. The molecule has 0 aromatic heterocycles. The Morgan fingerprint density at radius 2 is 1.36 bits per heavy atom. The monoisotopic (exact) mass is 572 g/mol. The number of rotatable bonds is 10. The Balaban J connectivity index is 1.52. The lowest BCUT2D eigenvalue weighted by atomic mass is 9.92. The molecule has 4 nitrogen and oxygen atoms in total. The molecule has 1 saturated heterocycles. The topological polar surface area (TPSA) is 40.6 Å². The van der Waals surface area contributed by atoms with Gasteiger partial charge in [-0.05, 0) is 79.8 Å². The van der Waals surface area contributed by atoms with E-state index in [0.29, 0.717) is 30.2 Å². The summed E-state index contributed by atoms with van der Waals surface area (Å²) in [5.74, 6) is -2.03. The fourth-order valence-electron chi connectivity index (χ4n) is 5.19. The molecular weight excluding hydrogens is 538 g/mol. The van der Waals surface area contributed by atoms with Gasteiger partial charge in [-0.1, -0.05) is 48.0 Å². The van der Waals surface area contributed by atoms with Crippen LogP contribution in [0.4, 0.5) is 8.78 Å². The summed E-state index contributed by atoms with van der Waals surface area (Å²) >= 11 is 6.15. The molecule has 0 radical (unpaired) electrons. The highest BCUT2D eigenvalue weighted by Crippen LogP contribution is 2.35. The van der Waals surface area contributed by atoms with Gasteiger partial charge in [-0.3, -0.25) is 9.80 Å². The third-order valence-corrected chi connectivity index (χ3v) is 8.67. The van der Waals surface area contributed by atoms with Crippen molar-refractivity contribution in [1.82, 2.24) is 9.80 Å². The summed E-state index contributed by atoms with van der Waals surface area (Å²) in [5.41, 5.74) is 4.26. The molecule has 0 aliphatic carbocycles. The number of hydrogen-bond donors (Lipinski definition) is 0. The summed E-state index contributed by atoms with van der Waals surface area (Å²) in [6.07, 6.45) is 0. The highest BCUT2D eigenvalue weighted by atomic mass is 35.5. The average Bonchev–Trinajstić information content (AvgIpc) is 2.81. The first kappa shape index (κ1) is 29.4. The molecule has 0 saturated carbocycles. The number of nitrogens with zero attached hydrogens (tertiary/aromatic N) is 2. The van der Waals surface area contributed by atoms with Crippen molar-refractivity contribution in [1.29, 1.82) is 0 Å². The van der Waals surface area contributed by atoms with E-state index in [0.717, 1.165) is 41.4 Å². The normalized spacial score (nSPS) is 15.2. The van der Waals surface area contributed by atoms with Crippen LogP contribution in [0.3, 0.4) is 0 Å². The molecule has 0 unspecified atom stereocenters. The zero-order chi connectivity index (χ0) is 28.3. The van der Waals surface area contributed by atoms with Crippen LogP contribution in [0.25, 0.3) is 0 Å². The largest absolute Gasteiger partial charge is 0.294 e. The molecule has 0 amide bonds.